The van der Waals surface area contributed by atoms with E-state index < -0.39 is 5.82 Å². The van der Waals surface area contributed by atoms with Gasteiger partial charge < -0.3 is 20.1 Å². The first kappa shape index (κ1) is 17.6. The third kappa shape index (κ3) is 4.77. The van der Waals surface area contributed by atoms with Gasteiger partial charge in [-0.15, -0.1) is 0 Å². The third-order valence-corrected chi connectivity index (χ3v) is 3.51. The predicted molar refractivity (Wildman–Crippen MR) is 85.6 cm³/mol. The molecule has 1 aromatic carbocycles. The Morgan fingerprint density at radius 2 is 2.00 bits per heavy atom. The highest BCUT2D eigenvalue weighted by Crippen LogP contribution is 2.32. The number of benzene rings is 1. The van der Waals surface area contributed by atoms with E-state index in [4.69, 9.17) is 15.2 Å². The average molecular weight is 298 g/mol. The normalized spacial score (nSPS) is 12.2. The fourth-order valence-electron chi connectivity index (χ4n) is 2.12. The van der Waals surface area contributed by atoms with Crippen LogP contribution in [0.4, 0.5) is 15.8 Å². The topological polar surface area (TPSA) is 47.7 Å². The Morgan fingerprint density at radius 1 is 1.29 bits per heavy atom. The van der Waals surface area contributed by atoms with Gasteiger partial charge in [-0.05, 0) is 19.8 Å². The highest BCUT2D eigenvalue weighted by Gasteiger charge is 2.18. The number of nitrogens with two attached hydrogens (primary N) is 1. The molecule has 0 amide bonds. The molecule has 5 heteroatoms. The number of nitrogens with zero attached hydrogens (tertiary/aromatic N) is 1. The monoisotopic (exact) mass is 298 g/mol. The summed E-state index contributed by atoms with van der Waals surface area (Å²) in [7, 11) is 1.67. The molecule has 1 aromatic rings. The summed E-state index contributed by atoms with van der Waals surface area (Å²) in [5.41, 5.74) is 7.23. The Bertz CT molecular complexity index is 441. The van der Waals surface area contributed by atoms with E-state index in [1.165, 1.54) is 6.07 Å². The van der Waals surface area contributed by atoms with Crippen LogP contribution in [0.5, 0.6) is 5.75 Å². The highest BCUT2D eigenvalue weighted by molar-refractivity contribution is 5.70. The zero-order valence-electron chi connectivity index (χ0n) is 13.5. The van der Waals surface area contributed by atoms with Crippen molar-refractivity contribution in [2.75, 3.05) is 37.5 Å². The van der Waals surface area contributed by atoms with Gasteiger partial charge >= 0.3 is 0 Å². The largest absolute Gasteiger partial charge is 0.490 e. The summed E-state index contributed by atoms with van der Waals surface area (Å²) in [6.07, 6.45) is 1.80. The van der Waals surface area contributed by atoms with Gasteiger partial charge in [-0.1, -0.05) is 13.8 Å². The fourth-order valence-corrected chi connectivity index (χ4v) is 2.12. The van der Waals surface area contributed by atoms with Crippen LogP contribution in [0.25, 0.3) is 0 Å². The van der Waals surface area contributed by atoms with Crippen molar-refractivity contribution in [1.82, 2.24) is 0 Å². The first-order chi connectivity index (χ1) is 10.0. The molecule has 0 bridgehead atoms. The van der Waals surface area contributed by atoms with Crippen molar-refractivity contribution in [3.63, 3.8) is 0 Å². The van der Waals surface area contributed by atoms with Crippen molar-refractivity contribution in [2.24, 2.45) is 0 Å². The standard InChI is InChI=1S/C16H27FN2O2/c1-5-8-21-16-11-15(14(18)10-13(16)17)19(7-9-20-4)12(3)6-2/h10-12H,5-9,18H2,1-4H3. The second kappa shape index (κ2) is 8.72. The van der Waals surface area contributed by atoms with Crippen LogP contribution in [0.2, 0.25) is 0 Å². The maximum Gasteiger partial charge on any atom is 0.167 e. The van der Waals surface area contributed by atoms with Gasteiger partial charge in [-0.2, -0.15) is 0 Å². The van der Waals surface area contributed by atoms with Crippen LogP contribution in [0.3, 0.4) is 0 Å². The quantitative estimate of drug-likeness (QED) is 0.709. The number of ether oxygens (including phenoxy) is 2. The predicted octanol–water partition coefficient (Wildman–Crippen LogP) is 3.45. The number of halogens is 1. The Kier molecular flexibility index (Phi) is 7.29. The van der Waals surface area contributed by atoms with Crippen molar-refractivity contribution < 1.29 is 13.9 Å². The molecule has 0 spiro atoms. The number of rotatable bonds is 9. The summed E-state index contributed by atoms with van der Waals surface area (Å²) in [5, 5.41) is 0. The van der Waals surface area contributed by atoms with E-state index in [1.54, 1.807) is 13.2 Å². The van der Waals surface area contributed by atoms with Gasteiger partial charge in [0.25, 0.3) is 0 Å². The lowest BCUT2D eigenvalue weighted by Gasteiger charge is -2.32. The minimum atomic E-state index is -0.416. The molecule has 21 heavy (non-hydrogen) atoms. The summed E-state index contributed by atoms with van der Waals surface area (Å²) >= 11 is 0. The lowest BCUT2D eigenvalue weighted by atomic mass is 10.1. The maximum atomic E-state index is 13.9. The van der Waals surface area contributed by atoms with Crippen LogP contribution in [-0.2, 0) is 4.74 Å². The molecule has 4 nitrogen and oxygen atoms in total. The minimum Gasteiger partial charge on any atom is -0.490 e. The van der Waals surface area contributed by atoms with E-state index in [-0.39, 0.29) is 11.8 Å². The molecule has 2 N–H and O–H groups in total. The molecule has 0 aliphatic rings. The molecule has 1 atom stereocenters. The molecular formula is C16H27FN2O2. The molecule has 1 rings (SSSR count). The molecule has 0 radical (unpaired) electrons. The molecule has 0 fully saturated rings. The molecule has 1 unspecified atom stereocenters. The molecule has 0 aliphatic carbocycles. The van der Waals surface area contributed by atoms with Gasteiger partial charge in [-0.25, -0.2) is 4.39 Å². The van der Waals surface area contributed by atoms with Crippen molar-refractivity contribution in [3.8, 4) is 5.75 Å². The van der Waals surface area contributed by atoms with Gasteiger partial charge in [0.2, 0.25) is 0 Å². The first-order valence-corrected chi connectivity index (χ1v) is 7.52. The molecule has 0 heterocycles. The van der Waals surface area contributed by atoms with E-state index in [9.17, 15) is 4.39 Å². The summed E-state index contributed by atoms with van der Waals surface area (Å²) in [6.45, 7) is 7.99. The van der Waals surface area contributed by atoms with Crippen LogP contribution >= 0.6 is 0 Å². The number of anilines is 2. The lowest BCUT2D eigenvalue weighted by Crippen LogP contribution is -2.36. The van der Waals surface area contributed by atoms with Crippen molar-refractivity contribution in [3.05, 3.63) is 17.9 Å². The highest BCUT2D eigenvalue weighted by atomic mass is 19.1. The number of hydrogen-bond acceptors (Lipinski definition) is 4. The first-order valence-electron chi connectivity index (χ1n) is 7.52. The summed E-state index contributed by atoms with van der Waals surface area (Å²) in [4.78, 5) is 2.14. The van der Waals surface area contributed by atoms with Gasteiger partial charge in [-0.3, -0.25) is 0 Å². The van der Waals surface area contributed by atoms with E-state index in [0.29, 0.717) is 25.4 Å². The molecule has 0 saturated heterocycles. The van der Waals surface area contributed by atoms with Gasteiger partial charge in [0, 0.05) is 31.8 Å². The van der Waals surface area contributed by atoms with Crippen LogP contribution in [-0.4, -0.2) is 32.9 Å². The Morgan fingerprint density at radius 3 is 2.57 bits per heavy atom. The summed E-state index contributed by atoms with van der Waals surface area (Å²) in [5.74, 6) is -0.160. The third-order valence-electron chi connectivity index (χ3n) is 3.51. The second-order valence-electron chi connectivity index (χ2n) is 5.13. The molecule has 0 saturated carbocycles. The average Bonchev–Trinajstić information content (AvgIpc) is 2.47. The second-order valence-corrected chi connectivity index (χ2v) is 5.13. The summed E-state index contributed by atoms with van der Waals surface area (Å²) in [6, 6.07) is 3.32. The molecular weight excluding hydrogens is 271 g/mol. The minimum absolute atomic E-state index is 0.256. The molecule has 0 aliphatic heterocycles. The Labute approximate surface area is 127 Å². The fraction of sp³-hybridized carbons (Fsp3) is 0.625. The van der Waals surface area contributed by atoms with Crippen LogP contribution in [0.1, 0.15) is 33.6 Å². The van der Waals surface area contributed by atoms with Crippen molar-refractivity contribution in [1.29, 1.82) is 0 Å². The molecule has 0 aromatic heterocycles. The van der Waals surface area contributed by atoms with E-state index >= 15 is 0 Å². The zero-order chi connectivity index (χ0) is 15.8. The van der Waals surface area contributed by atoms with E-state index in [0.717, 1.165) is 18.5 Å². The Hall–Kier alpha value is -1.49. The van der Waals surface area contributed by atoms with Crippen molar-refractivity contribution >= 4 is 11.4 Å². The van der Waals surface area contributed by atoms with Gasteiger partial charge in [0.1, 0.15) is 0 Å². The number of hydrogen-bond donors (Lipinski definition) is 1. The SMILES string of the molecule is CCCOc1cc(N(CCOC)C(C)CC)c(N)cc1F. The molecule has 120 valence electrons. The summed E-state index contributed by atoms with van der Waals surface area (Å²) < 4.78 is 24.5. The Balaban J connectivity index is 3.10. The van der Waals surface area contributed by atoms with Crippen molar-refractivity contribution in [2.45, 2.75) is 39.7 Å². The number of methoxy groups -OCH3 is 1. The van der Waals surface area contributed by atoms with Gasteiger partial charge in [0.05, 0.1) is 24.6 Å². The van der Waals surface area contributed by atoms with Crippen LogP contribution < -0.4 is 15.4 Å². The number of nitrogen functional groups attached to an aromatic ring is 1. The van der Waals surface area contributed by atoms with Crippen LogP contribution in [0, 0.1) is 5.82 Å². The maximum absolute atomic E-state index is 13.9. The van der Waals surface area contributed by atoms with E-state index in [1.807, 2.05) is 6.92 Å². The lowest BCUT2D eigenvalue weighted by molar-refractivity contribution is 0.203. The van der Waals surface area contributed by atoms with Crippen LogP contribution in [0.15, 0.2) is 12.1 Å². The van der Waals surface area contributed by atoms with E-state index in [2.05, 4.69) is 18.7 Å². The zero-order valence-corrected chi connectivity index (χ0v) is 13.5. The van der Waals surface area contributed by atoms with Gasteiger partial charge in [0.15, 0.2) is 11.6 Å². The smallest absolute Gasteiger partial charge is 0.167 e.